The number of nitrogens with one attached hydrogen (secondary N) is 1. The molecule has 0 amide bonds. The average Bonchev–Trinajstić information content (AvgIpc) is 2.91. The van der Waals surface area contributed by atoms with E-state index in [0.29, 0.717) is 19.3 Å². The van der Waals surface area contributed by atoms with Gasteiger partial charge in [-0.05, 0) is 12.0 Å². The summed E-state index contributed by atoms with van der Waals surface area (Å²) in [6.07, 6.45) is 1.23. The third-order valence-corrected chi connectivity index (χ3v) is 3.63. The molecule has 1 fully saturated rings. The molecule has 4 nitrogen and oxygen atoms in total. The monoisotopic (exact) mass is 278 g/mol. The second-order valence-corrected chi connectivity index (χ2v) is 5.27. The first-order valence-electron chi connectivity index (χ1n) is 7.45. The fraction of sp³-hybridized carbons (Fsp3) is 0.625. The molecule has 1 saturated heterocycles. The molecule has 2 rings (SSSR count). The van der Waals surface area contributed by atoms with Gasteiger partial charge in [-0.3, -0.25) is 4.90 Å². The fourth-order valence-corrected chi connectivity index (χ4v) is 2.56. The number of likely N-dealkylation sites (tertiary alicyclic amines) is 1. The molecule has 0 saturated carbocycles. The van der Waals surface area contributed by atoms with Crippen LogP contribution in [0, 0.1) is 0 Å². The highest BCUT2D eigenvalue weighted by atomic mass is 16.5. The lowest BCUT2D eigenvalue weighted by molar-refractivity contribution is 0.0711. The van der Waals surface area contributed by atoms with Crippen molar-refractivity contribution < 1.29 is 9.47 Å². The molecule has 1 aliphatic heterocycles. The van der Waals surface area contributed by atoms with Crippen LogP contribution in [0.2, 0.25) is 0 Å². The molecule has 1 unspecified atom stereocenters. The van der Waals surface area contributed by atoms with Crippen molar-refractivity contribution in [2.75, 3.05) is 46.6 Å². The van der Waals surface area contributed by atoms with Crippen LogP contribution in [0.25, 0.3) is 0 Å². The SMILES string of the molecule is COCCOCCNC1CCN(Cc2ccccc2)C1. The van der Waals surface area contributed by atoms with Crippen LogP contribution in [-0.4, -0.2) is 57.5 Å². The molecular formula is C16H26N2O2. The molecule has 1 aromatic carbocycles. The molecule has 1 aliphatic rings. The van der Waals surface area contributed by atoms with Crippen molar-refractivity contribution >= 4 is 0 Å². The van der Waals surface area contributed by atoms with Crippen LogP contribution in [0.4, 0.5) is 0 Å². The van der Waals surface area contributed by atoms with Gasteiger partial charge in [-0.25, -0.2) is 0 Å². The number of methoxy groups -OCH3 is 1. The van der Waals surface area contributed by atoms with E-state index in [-0.39, 0.29) is 0 Å². The van der Waals surface area contributed by atoms with Gasteiger partial charge in [0.25, 0.3) is 0 Å². The van der Waals surface area contributed by atoms with E-state index in [4.69, 9.17) is 9.47 Å². The Balaban J connectivity index is 1.56. The minimum atomic E-state index is 0.602. The minimum Gasteiger partial charge on any atom is -0.382 e. The normalized spacial score (nSPS) is 19.6. The van der Waals surface area contributed by atoms with E-state index in [1.165, 1.54) is 18.5 Å². The van der Waals surface area contributed by atoms with Gasteiger partial charge in [0.05, 0.1) is 19.8 Å². The molecule has 0 aromatic heterocycles. The molecule has 0 bridgehead atoms. The third kappa shape index (κ3) is 5.59. The highest BCUT2D eigenvalue weighted by Gasteiger charge is 2.21. The Kier molecular flexibility index (Phi) is 7.01. The molecule has 20 heavy (non-hydrogen) atoms. The third-order valence-electron chi connectivity index (χ3n) is 3.63. The van der Waals surface area contributed by atoms with Crippen molar-refractivity contribution in [3.8, 4) is 0 Å². The first-order chi connectivity index (χ1) is 9.88. The summed E-state index contributed by atoms with van der Waals surface area (Å²) in [6.45, 7) is 6.41. The minimum absolute atomic E-state index is 0.602. The molecule has 1 heterocycles. The molecule has 4 heteroatoms. The van der Waals surface area contributed by atoms with Crippen molar-refractivity contribution in [2.24, 2.45) is 0 Å². The number of rotatable bonds is 9. The maximum Gasteiger partial charge on any atom is 0.0700 e. The zero-order valence-corrected chi connectivity index (χ0v) is 12.4. The lowest BCUT2D eigenvalue weighted by atomic mass is 10.2. The van der Waals surface area contributed by atoms with Crippen molar-refractivity contribution in [3.05, 3.63) is 35.9 Å². The van der Waals surface area contributed by atoms with Gasteiger partial charge in [0, 0.05) is 39.3 Å². The van der Waals surface area contributed by atoms with Crippen molar-refractivity contribution in [3.63, 3.8) is 0 Å². The predicted molar refractivity (Wildman–Crippen MR) is 80.8 cm³/mol. The molecular weight excluding hydrogens is 252 g/mol. The van der Waals surface area contributed by atoms with Crippen molar-refractivity contribution in [1.29, 1.82) is 0 Å². The molecule has 1 atom stereocenters. The first kappa shape index (κ1) is 15.4. The van der Waals surface area contributed by atoms with Crippen LogP contribution in [0.1, 0.15) is 12.0 Å². The number of hydrogen-bond donors (Lipinski definition) is 1. The second-order valence-electron chi connectivity index (χ2n) is 5.27. The van der Waals surface area contributed by atoms with Gasteiger partial charge in [-0.2, -0.15) is 0 Å². The van der Waals surface area contributed by atoms with Crippen LogP contribution in [0.15, 0.2) is 30.3 Å². The Bertz CT molecular complexity index is 359. The Labute approximate surface area is 122 Å². The molecule has 1 aromatic rings. The zero-order chi connectivity index (χ0) is 14.0. The van der Waals surface area contributed by atoms with Crippen LogP contribution >= 0.6 is 0 Å². The summed E-state index contributed by atoms with van der Waals surface area (Å²) in [6, 6.07) is 11.3. The topological polar surface area (TPSA) is 33.7 Å². The summed E-state index contributed by atoms with van der Waals surface area (Å²) >= 11 is 0. The van der Waals surface area contributed by atoms with Crippen molar-refractivity contribution in [1.82, 2.24) is 10.2 Å². The molecule has 0 aliphatic carbocycles. The van der Waals surface area contributed by atoms with Gasteiger partial charge >= 0.3 is 0 Å². The smallest absolute Gasteiger partial charge is 0.0700 e. The first-order valence-corrected chi connectivity index (χ1v) is 7.45. The lowest BCUT2D eigenvalue weighted by Gasteiger charge is -2.16. The predicted octanol–water partition coefficient (Wildman–Crippen LogP) is 1.51. The quantitative estimate of drug-likeness (QED) is 0.694. The number of hydrogen-bond acceptors (Lipinski definition) is 4. The van der Waals surface area contributed by atoms with Gasteiger partial charge in [0.2, 0.25) is 0 Å². The number of benzene rings is 1. The van der Waals surface area contributed by atoms with Crippen LogP contribution in [0.5, 0.6) is 0 Å². The summed E-state index contributed by atoms with van der Waals surface area (Å²) in [5.74, 6) is 0. The Morgan fingerprint density at radius 3 is 2.85 bits per heavy atom. The maximum absolute atomic E-state index is 5.46. The van der Waals surface area contributed by atoms with E-state index in [1.54, 1.807) is 7.11 Å². The van der Waals surface area contributed by atoms with E-state index < -0.39 is 0 Å². The van der Waals surface area contributed by atoms with E-state index in [9.17, 15) is 0 Å². The zero-order valence-electron chi connectivity index (χ0n) is 12.4. The van der Waals surface area contributed by atoms with E-state index in [0.717, 1.165) is 26.2 Å². The fourth-order valence-electron chi connectivity index (χ4n) is 2.56. The molecule has 1 N–H and O–H groups in total. The lowest BCUT2D eigenvalue weighted by Crippen LogP contribution is -2.34. The van der Waals surface area contributed by atoms with Gasteiger partial charge in [-0.1, -0.05) is 30.3 Å². The van der Waals surface area contributed by atoms with Gasteiger partial charge in [-0.15, -0.1) is 0 Å². The van der Waals surface area contributed by atoms with E-state index in [2.05, 4.69) is 40.5 Å². The van der Waals surface area contributed by atoms with Gasteiger partial charge in [0.1, 0.15) is 0 Å². The van der Waals surface area contributed by atoms with E-state index in [1.807, 2.05) is 0 Å². The molecule has 0 spiro atoms. The number of ether oxygens (including phenoxy) is 2. The molecule has 112 valence electrons. The van der Waals surface area contributed by atoms with E-state index >= 15 is 0 Å². The van der Waals surface area contributed by atoms with Crippen molar-refractivity contribution in [2.45, 2.75) is 19.0 Å². The van der Waals surface area contributed by atoms with Gasteiger partial charge < -0.3 is 14.8 Å². The average molecular weight is 278 g/mol. The Hall–Kier alpha value is -0.940. The largest absolute Gasteiger partial charge is 0.382 e. The second kappa shape index (κ2) is 9.08. The standard InChI is InChI=1S/C16H26N2O2/c1-19-11-12-20-10-8-17-16-7-9-18(14-16)13-15-5-3-2-4-6-15/h2-6,16-17H,7-14H2,1H3. The summed E-state index contributed by atoms with van der Waals surface area (Å²) in [4.78, 5) is 2.51. The molecule has 0 radical (unpaired) electrons. The summed E-state index contributed by atoms with van der Waals surface area (Å²) < 4.78 is 10.4. The summed E-state index contributed by atoms with van der Waals surface area (Å²) in [5.41, 5.74) is 1.40. The summed E-state index contributed by atoms with van der Waals surface area (Å²) in [5, 5.41) is 3.57. The van der Waals surface area contributed by atoms with Crippen LogP contribution in [-0.2, 0) is 16.0 Å². The maximum atomic E-state index is 5.46. The van der Waals surface area contributed by atoms with Crippen LogP contribution < -0.4 is 5.32 Å². The van der Waals surface area contributed by atoms with Gasteiger partial charge in [0.15, 0.2) is 0 Å². The number of nitrogens with zero attached hydrogens (tertiary/aromatic N) is 1. The Morgan fingerprint density at radius 2 is 2.05 bits per heavy atom. The van der Waals surface area contributed by atoms with Crippen LogP contribution in [0.3, 0.4) is 0 Å². The summed E-state index contributed by atoms with van der Waals surface area (Å²) in [7, 11) is 1.70. The highest BCUT2D eigenvalue weighted by Crippen LogP contribution is 2.13. The highest BCUT2D eigenvalue weighted by molar-refractivity contribution is 5.14. The Morgan fingerprint density at radius 1 is 1.20 bits per heavy atom.